The third-order valence-corrected chi connectivity index (χ3v) is 29.2. The second kappa shape index (κ2) is 6.29. The van der Waals surface area contributed by atoms with E-state index in [-0.39, 0.29) is 16.0 Å². The molecule has 0 amide bonds. The fourth-order valence-corrected chi connectivity index (χ4v) is 24.1. The Kier molecular flexibility index (Phi) is 6.32. The zero-order valence-electron chi connectivity index (χ0n) is 16.1. The number of esters is 1. The molecule has 6 heteroatoms. The van der Waals surface area contributed by atoms with Crippen molar-refractivity contribution in [3.05, 3.63) is 12.2 Å². The third kappa shape index (κ3) is 4.53. The first-order valence-corrected chi connectivity index (χ1v) is 19.4. The average molecular weight is 361 g/mol. The predicted octanol–water partition coefficient (Wildman–Crippen LogP) is 3.63. The number of hydrogen-bond acceptors (Lipinski definition) is 2. The molecule has 124 valence electrons. The third-order valence-electron chi connectivity index (χ3n) is 5.00. The highest BCUT2D eigenvalue weighted by Crippen LogP contribution is 2.50. The van der Waals surface area contributed by atoms with Crippen LogP contribution in [0, 0.1) is 0 Å². The van der Waals surface area contributed by atoms with Crippen molar-refractivity contribution < 1.29 is 9.53 Å². The molecule has 0 aromatic heterocycles. The lowest BCUT2D eigenvalue weighted by molar-refractivity contribution is -0.141. The molecule has 0 spiro atoms. The van der Waals surface area contributed by atoms with Gasteiger partial charge < -0.3 is 4.74 Å². The molecule has 0 saturated carbocycles. The van der Waals surface area contributed by atoms with E-state index in [0.29, 0.717) is 5.57 Å². The lowest BCUT2D eigenvalue weighted by Crippen LogP contribution is -2.67. The molecule has 0 aromatic carbocycles. The second-order valence-electron chi connectivity index (χ2n) is 9.63. The highest BCUT2D eigenvalue weighted by Gasteiger charge is 2.58. The van der Waals surface area contributed by atoms with Gasteiger partial charge in [-0.15, -0.1) is 0 Å². The summed E-state index contributed by atoms with van der Waals surface area (Å²) < 4.78 is 6.41. The van der Waals surface area contributed by atoms with Gasteiger partial charge in [0.1, 0.15) is 0 Å². The van der Waals surface area contributed by atoms with Gasteiger partial charge in [-0.2, -0.15) is 0 Å². The number of rotatable bonds is 6. The minimum atomic E-state index is -1.63. The summed E-state index contributed by atoms with van der Waals surface area (Å²) in [5.74, 6) is -0.195. The normalized spacial score (nSPS) is 15.7. The van der Waals surface area contributed by atoms with E-state index in [1.165, 1.54) is 0 Å². The lowest BCUT2D eigenvalue weighted by atomic mass is 10.4. The summed E-state index contributed by atoms with van der Waals surface area (Å²) in [6.07, 6.45) is 0. The van der Waals surface area contributed by atoms with E-state index in [1.807, 2.05) is 0 Å². The van der Waals surface area contributed by atoms with Crippen LogP contribution in [0.25, 0.3) is 0 Å². The maximum Gasteiger partial charge on any atom is 0.333 e. The Labute approximate surface area is 138 Å². The first kappa shape index (κ1) is 21.1. The Morgan fingerprint density at radius 3 is 1.52 bits per heavy atom. The Hall–Kier alpha value is 0.0775. The molecule has 0 heterocycles. The maximum absolute atomic E-state index is 12.2. The molecule has 0 aliphatic rings. The van der Waals surface area contributed by atoms with Crippen LogP contribution in [0.3, 0.4) is 0 Å². The van der Waals surface area contributed by atoms with Gasteiger partial charge in [0.25, 0.3) is 0 Å². The Morgan fingerprint density at radius 2 is 1.33 bits per heavy atom. The SMILES string of the molecule is C=C(C)C(=O)OC(C([SiH3])([Si](C)(C)C)[Si](C)(C)C)[Si](C)(C)C. The van der Waals surface area contributed by atoms with Crippen LogP contribution in [0.2, 0.25) is 63.2 Å². The Bertz CT molecular complexity index is 397. The van der Waals surface area contributed by atoms with Crippen LogP contribution in [0.15, 0.2) is 12.2 Å². The molecule has 0 saturated heterocycles. The first-order valence-electron chi connectivity index (χ1n) is 7.82. The standard InChI is InChI=1S/C15H36O2Si4/c1-12(2)13(16)17-14(19(3,4)5)15(18,20(6,7)8)21(9,10)11/h14H,1H2,2-11,18H3. The van der Waals surface area contributed by atoms with Crippen molar-refractivity contribution in [1.82, 2.24) is 0 Å². The highest BCUT2D eigenvalue weighted by atomic mass is 28.4. The van der Waals surface area contributed by atoms with Crippen LogP contribution in [0.1, 0.15) is 6.92 Å². The fourth-order valence-electron chi connectivity index (χ4n) is 3.28. The largest absolute Gasteiger partial charge is 0.463 e. The topological polar surface area (TPSA) is 26.3 Å². The van der Waals surface area contributed by atoms with E-state index < -0.39 is 24.2 Å². The number of carbonyl (C=O) groups is 1. The minimum Gasteiger partial charge on any atom is -0.463 e. The van der Waals surface area contributed by atoms with Crippen molar-refractivity contribution in [3.63, 3.8) is 0 Å². The van der Waals surface area contributed by atoms with Gasteiger partial charge in [0, 0.05) is 32.0 Å². The minimum absolute atomic E-state index is 0.124. The zero-order valence-corrected chi connectivity index (χ0v) is 21.1. The van der Waals surface area contributed by atoms with E-state index in [4.69, 9.17) is 4.74 Å². The van der Waals surface area contributed by atoms with Crippen molar-refractivity contribution >= 4 is 40.4 Å². The van der Waals surface area contributed by atoms with Gasteiger partial charge in [-0.3, -0.25) is 0 Å². The van der Waals surface area contributed by atoms with Crippen LogP contribution in [-0.2, 0) is 9.53 Å². The van der Waals surface area contributed by atoms with Crippen LogP contribution in [0.4, 0.5) is 0 Å². The molecule has 0 radical (unpaired) electrons. The average Bonchev–Trinajstić information content (AvgIpc) is 2.19. The maximum atomic E-state index is 12.2. The van der Waals surface area contributed by atoms with Gasteiger partial charge >= 0.3 is 5.97 Å². The Balaban J connectivity index is 6.10. The predicted molar refractivity (Wildman–Crippen MR) is 107 cm³/mol. The van der Waals surface area contributed by atoms with Gasteiger partial charge in [0.2, 0.25) is 0 Å². The van der Waals surface area contributed by atoms with Crippen molar-refractivity contribution in [2.24, 2.45) is 0 Å². The number of ether oxygens (including phenoxy) is 1. The molecule has 0 fully saturated rings. The monoisotopic (exact) mass is 360 g/mol. The van der Waals surface area contributed by atoms with Crippen molar-refractivity contribution in [1.29, 1.82) is 0 Å². The molecule has 1 atom stereocenters. The van der Waals surface area contributed by atoms with Gasteiger partial charge in [0.05, 0.1) is 13.8 Å². The van der Waals surface area contributed by atoms with Gasteiger partial charge in [-0.25, -0.2) is 4.79 Å². The molecule has 0 aromatic rings. The molecule has 0 rings (SSSR count). The van der Waals surface area contributed by atoms with Crippen molar-refractivity contribution in [2.45, 2.75) is 75.9 Å². The van der Waals surface area contributed by atoms with Crippen molar-refractivity contribution in [2.75, 3.05) is 0 Å². The lowest BCUT2D eigenvalue weighted by Gasteiger charge is -2.56. The molecule has 2 nitrogen and oxygen atoms in total. The van der Waals surface area contributed by atoms with E-state index >= 15 is 0 Å². The van der Waals surface area contributed by atoms with E-state index in [2.05, 4.69) is 65.5 Å². The molecule has 0 N–H and O–H groups in total. The van der Waals surface area contributed by atoms with Crippen LogP contribution >= 0.6 is 0 Å². The molecule has 0 bridgehead atoms. The summed E-state index contributed by atoms with van der Waals surface area (Å²) in [5.41, 5.74) is 0.646. The van der Waals surface area contributed by atoms with Gasteiger partial charge in [-0.1, -0.05) is 65.5 Å². The summed E-state index contributed by atoms with van der Waals surface area (Å²) in [6, 6.07) is 0. The van der Waals surface area contributed by atoms with Gasteiger partial charge in [0.15, 0.2) is 0 Å². The Morgan fingerprint density at radius 1 is 1.00 bits per heavy atom. The van der Waals surface area contributed by atoms with E-state index in [0.717, 1.165) is 10.2 Å². The van der Waals surface area contributed by atoms with Crippen molar-refractivity contribution in [3.8, 4) is 0 Å². The smallest absolute Gasteiger partial charge is 0.333 e. The summed E-state index contributed by atoms with van der Waals surface area (Å²) in [7, 11) is -3.47. The molecular weight excluding hydrogens is 325 g/mol. The molecule has 0 aliphatic carbocycles. The quantitative estimate of drug-likeness (QED) is 0.411. The second-order valence-corrected chi connectivity index (χ2v) is 30.0. The molecule has 1 unspecified atom stereocenters. The fraction of sp³-hybridized carbons (Fsp3) is 0.800. The number of carbonyl (C=O) groups excluding carboxylic acids is 1. The zero-order chi connectivity index (χ0) is 17.4. The molecule has 21 heavy (non-hydrogen) atoms. The summed E-state index contributed by atoms with van der Waals surface area (Å²) in [6.45, 7) is 27.3. The van der Waals surface area contributed by atoms with E-state index in [9.17, 15) is 4.79 Å². The van der Waals surface area contributed by atoms with Crippen LogP contribution in [0.5, 0.6) is 0 Å². The van der Waals surface area contributed by atoms with Crippen LogP contribution in [-0.4, -0.2) is 46.2 Å². The summed E-state index contributed by atoms with van der Waals surface area (Å²) in [5, 5.41) is 0. The summed E-state index contributed by atoms with van der Waals surface area (Å²) >= 11 is 0. The molecular formula is C15H36O2Si4. The number of hydrogen-bond donors (Lipinski definition) is 0. The van der Waals surface area contributed by atoms with E-state index in [1.54, 1.807) is 6.92 Å². The summed E-state index contributed by atoms with van der Waals surface area (Å²) in [4.78, 5) is 12.2. The van der Waals surface area contributed by atoms with Crippen LogP contribution < -0.4 is 0 Å². The highest BCUT2D eigenvalue weighted by molar-refractivity contribution is 7.07. The first-order chi connectivity index (χ1) is 8.96. The van der Waals surface area contributed by atoms with Gasteiger partial charge in [-0.05, 0) is 11.2 Å². The molecule has 0 aliphatic heterocycles.